The van der Waals surface area contributed by atoms with E-state index in [4.69, 9.17) is 10.00 Å². The number of amides is 1. The third kappa shape index (κ3) is 4.24. The van der Waals surface area contributed by atoms with E-state index in [-0.39, 0.29) is 18.4 Å². The van der Waals surface area contributed by atoms with Crippen LogP contribution in [0.15, 0.2) is 54.6 Å². The molecule has 25 heavy (non-hydrogen) atoms. The Labute approximate surface area is 146 Å². The standard InChI is InChI=1S/C20H18N2O3/c21-11-16-7-4-8-18(9-16)20(24)25-14-17-10-19(23)22(13-17)12-15-5-2-1-3-6-15/h1-9,17H,10,12-14H2/t17-/m0/s1. The Morgan fingerprint density at radius 2 is 2.00 bits per heavy atom. The van der Waals surface area contributed by atoms with Crippen molar-refractivity contribution >= 4 is 11.9 Å². The summed E-state index contributed by atoms with van der Waals surface area (Å²) < 4.78 is 5.33. The first kappa shape index (κ1) is 16.7. The second-order valence-electron chi connectivity index (χ2n) is 6.12. The van der Waals surface area contributed by atoms with Crippen LogP contribution in [-0.4, -0.2) is 29.9 Å². The molecule has 1 fully saturated rings. The molecule has 5 nitrogen and oxygen atoms in total. The van der Waals surface area contributed by atoms with Crippen LogP contribution in [-0.2, 0) is 16.1 Å². The van der Waals surface area contributed by atoms with E-state index < -0.39 is 5.97 Å². The molecule has 0 unspecified atom stereocenters. The second-order valence-corrected chi connectivity index (χ2v) is 6.12. The highest BCUT2D eigenvalue weighted by Gasteiger charge is 2.30. The molecule has 5 heteroatoms. The van der Waals surface area contributed by atoms with Crippen LogP contribution < -0.4 is 0 Å². The van der Waals surface area contributed by atoms with Gasteiger partial charge in [-0.05, 0) is 23.8 Å². The van der Waals surface area contributed by atoms with E-state index in [2.05, 4.69) is 0 Å². The van der Waals surface area contributed by atoms with Crippen LogP contribution in [0.3, 0.4) is 0 Å². The Bertz CT molecular complexity index is 811. The van der Waals surface area contributed by atoms with Gasteiger partial charge in [0.05, 0.1) is 23.8 Å². The van der Waals surface area contributed by atoms with Crippen molar-refractivity contribution in [3.63, 3.8) is 0 Å². The molecule has 0 bridgehead atoms. The first-order chi connectivity index (χ1) is 12.2. The van der Waals surface area contributed by atoms with Crippen molar-refractivity contribution in [1.82, 2.24) is 4.90 Å². The summed E-state index contributed by atoms with van der Waals surface area (Å²) in [5.41, 5.74) is 1.85. The molecule has 1 amide bonds. The zero-order valence-electron chi connectivity index (χ0n) is 13.7. The van der Waals surface area contributed by atoms with Gasteiger partial charge in [-0.1, -0.05) is 36.4 Å². The fraction of sp³-hybridized carbons (Fsp3) is 0.250. The Morgan fingerprint density at radius 1 is 1.20 bits per heavy atom. The molecule has 0 saturated carbocycles. The molecule has 1 saturated heterocycles. The Balaban J connectivity index is 1.53. The van der Waals surface area contributed by atoms with Crippen molar-refractivity contribution in [2.45, 2.75) is 13.0 Å². The molecule has 1 aliphatic rings. The molecule has 0 aromatic heterocycles. The van der Waals surface area contributed by atoms with Crippen LogP contribution in [0.5, 0.6) is 0 Å². The minimum absolute atomic E-state index is 0.000637. The quantitative estimate of drug-likeness (QED) is 0.788. The molecule has 2 aromatic carbocycles. The lowest BCUT2D eigenvalue weighted by Crippen LogP contribution is -2.25. The lowest BCUT2D eigenvalue weighted by molar-refractivity contribution is -0.128. The molecule has 1 aliphatic heterocycles. The van der Waals surface area contributed by atoms with Crippen LogP contribution in [0.4, 0.5) is 0 Å². The topological polar surface area (TPSA) is 70.4 Å². The maximum atomic E-state index is 12.1. The van der Waals surface area contributed by atoms with Gasteiger partial charge in [-0.15, -0.1) is 0 Å². The van der Waals surface area contributed by atoms with Gasteiger partial charge in [0.15, 0.2) is 0 Å². The van der Waals surface area contributed by atoms with E-state index in [0.29, 0.717) is 30.6 Å². The van der Waals surface area contributed by atoms with E-state index in [9.17, 15) is 9.59 Å². The molecule has 1 heterocycles. The fourth-order valence-corrected chi connectivity index (χ4v) is 2.91. The highest BCUT2D eigenvalue weighted by molar-refractivity contribution is 5.89. The molecular formula is C20H18N2O3. The monoisotopic (exact) mass is 334 g/mol. The highest BCUT2D eigenvalue weighted by Crippen LogP contribution is 2.21. The summed E-state index contributed by atoms with van der Waals surface area (Å²) in [6.45, 7) is 1.36. The average molecular weight is 334 g/mol. The number of rotatable bonds is 5. The average Bonchev–Trinajstić information content (AvgIpc) is 3.00. The van der Waals surface area contributed by atoms with Gasteiger partial charge in [0.25, 0.3) is 0 Å². The number of carbonyl (C=O) groups excluding carboxylic acids is 2. The fourth-order valence-electron chi connectivity index (χ4n) is 2.91. The molecule has 0 aliphatic carbocycles. The van der Waals surface area contributed by atoms with E-state index in [1.54, 1.807) is 23.1 Å². The zero-order chi connectivity index (χ0) is 17.6. The number of benzene rings is 2. The van der Waals surface area contributed by atoms with Crippen LogP contribution in [0.25, 0.3) is 0 Å². The Morgan fingerprint density at radius 3 is 2.76 bits per heavy atom. The Hall–Kier alpha value is -3.13. The van der Waals surface area contributed by atoms with Crippen molar-refractivity contribution in [3.05, 3.63) is 71.3 Å². The maximum absolute atomic E-state index is 12.1. The van der Waals surface area contributed by atoms with Gasteiger partial charge in [0.1, 0.15) is 0 Å². The summed E-state index contributed by atoms with van der Waals surface area (Å²) in [6, 6.07) is 18.2. The predicted molar refractivity (Wildman–Crippen MR) is 91.4 cm³/mol. The van der Waals surface area contributed by atoms with Gasteiger partial charge >= 0.3 is 5.97 Å². The summed E-state index contributed by atoms with van der Waals surface area (Å²) in [6.07, 6.45) is 0.387. The van der Waals surface area contributed by atoms with Crippen LogP contribution in [0.1, 0.15) is 27.9 Å². The highest BCUT2D eigenvalue weighted by atomic mass is 16.5. The summed E-state index contributed by atoms with van der Waals surface area (Å²) in [4.78, 5) is 26.0. The lowest BCUT2D eigenvalue weighted by Gasteiger charge is -2.16. The number of carbonyl (C=O) groups is 2. The van der Waals surface area contributed by atoms with Crippen molar-refractivity contribution in [2.75, 3.05) is 13.2 Å². The smallest absolute Gasteiger partial charge is 0.338 e. The third-order valence-electron chi connectivity index (χ3n) is 4.19. The summed E-state index contributed by atoms with van der Waals surface area (Å²) >= 11 is 0. The largest absolute Gasteiger partial charge is 0.462 e. The molecule has 1 atom stereocenters. The molecule has 3 rings (SSSR count). The van der Waals surface area contributed by atoms with Crippen molar-refractivity contribution < 1.29 is 14.3 Å². The van der Waals surface area contributed by atoms with Crippen molar-refractivity contribution in [2.24, 2.45) is 5.92 Å². The number of hydrogen-bond donors (Lipinski definition) is 0. The third-order valence-corrected chi connectivity index (χ3v) is 4.19. The SMILES string of the molecule is N#Cc1cccc(C(=O)OC[C@H]2CC(=O)N(Cc3ccccc3)C2)c1. The number of nitrogens with zero attached hydrogens (tertiary/aromatic N) is 2. The van der Waals surface area contributed by atoms with Gasteiger partial charge in [0, 0.05) is 25.4 Å². The van der Waals surface area contributed by atoms with E-state index in [1.807, 2.05) is 36.4 Å². The van der Waals surface area contributed by atoms with E-state index >= 15 is 0 Å². The van der Waals surface area contributed by atoms with Gasteiger partial charge in [-0.2, -0.15) is 5.26 Å². The van der Waals surface area contributed by atoms with Gasteiger partial charge in [-0.3, -0.25) is 4.79 Å². The van der Waals surface area contributed by atoms with Gasteiger partial charge < -0.3 is 9.64 Å². The number of esters is 1. The molecule has 0 radical (unpaired) electrons. The minimum atomic E-state index is -0.467. The number of hydrogen-bond acceptors (Lipinski definition) is 4. The van der Waals surface area contributed by atoms with Crippen molar-refractivity contribution in [1.29, 1.82) is 5.26 Å². The molecule has 0 N–H and O–H groups in total. The number of likely N-dealkylation sites (tertiary alicyclic amines) is 1. The van der Waals surface area contributed by atoms with Crippen LogP contribution in [0.2, 0.25) is 0 Å². The number of nitriles is 1. The first-order valence-corrected chi connectivity index (χ1v) is 8.14. The van der Waals surface area contributed by atoms with Gasteiger partial charge in [-0.25, -0.2) is 4.79 Å². The minimum Gasteiger partial charge on any atom is -0.462 e. The molecule has 126 valence electrons. The lowest BCUT2D eigenvalue weighted by atomic mass is 10.1. The molecular weight excluding hydrogens is 316 g/mol. The van der Waals surface area contributed by atoms with E-state index in [1.165, 1.54) is 6.07 Å². The Kier molecular flexibility index (Phi) is 5.10. The second kappa shape index (κ2) is 7.63. The molecule has 0 spiro atoms. The summed E-state index contributed by atoms with van der Waals surface area (Å²) in [5.74, 6) is -0.387. The van der Waals surface area contributed by atoms with Gasteiger partial charge in [0.2, 0.25) is 5.91 Å². The summed E-state index contributed by atoms with van der Waals surface area (Å²) in [5, 5.41) is 8.88. The van der Waals surface area contributed by atoms with E-state index in [0.717, 1.165) is 5.56 Å². The molecule has 2 aromatic rings. The van der Waals surface area contributed by atoms with Crippen LogP contribution in [0, 0.1) is 17.2 Å². The van der Waals surface area contributed by atoms with Crippen LogP contribution >= 0.6 is 0 Å². The predicted octanol–water partition coefficient (Wildman–Crippen LogP) is 2.76. The van der Waals surface area contributed by atoms with Crippen molar-refractivity contribution in [3.8, 4) is 6.07 Å². The zero-order valence-corrected chi connectivity index (χ0v) is 13.7. The first-order valence-electron chi connectivity index (χ1n) is 8.14. The maximum Gasteiger partial charge on any atom is 0.338 e. The normalized spacial score (nSPS) is 16.5. The summed E-state index contributed by atoms with van der Waals surface area (Å²) in [7, 11) is 0. The number of ether oxygens (including phenoxy) is 1.